The number of hydrogen-bond donors (Lipinski definition) is 0. The number of carbonyl (C=O) groups excluding carboxylic acids is 2. The van der Waals surface area contributed by atoms with Gasteiger partial charge in [-0.05, 0) is 55.7 Å². The lowest BCUT2D eigenvalue weighted by Crippen LogP contribution is -2.66. The molecule has 0 spiro atoms. The molecule has 0 radical (unpaired) electrons. The van der Waals surface area contributed by atoms with Crippen molar-refractivity contribution in [3.63, 3.8) is 0 Å². The zero-order chi connectivity index (χ0) is 20.7. The third kappa shape index (κ3) is 3.40. The van der Waals surface area contributed by atoms with E-state index in [9.17, 15) is 9.59 Å². The Bertz CT molecular complexity index is 923. The van der Waals surface area contributed by atoms with Crippen LogP contribution in [-0.4, -0.2) is 52.8 Å². The molecular formula is C25H29N3O2. The van der Waals surface area contributed by atoms with Crippen LogP contribution in [0.25, 0.3) is 0 Å². The van der Waals surface area contributed by atoms with E-state index in [0.717, 1.165) is 24.3 Å². The van der Waals surface area contributed by atoms with E-state index in [1.54, 1.807) is 6.20 Å². The molecule has 30 heavy (non-hydrogen) atoms. The fourth-order valence-electron chi connectivity index (χ4n) is 5.65. The molecule has 1 saturated carbocycles. The molecule has 2 saturated heterocycles. The van der Waals surface area contributed by atoms with Crippen molar-refractivity contribution in [1.82, 2.24) is 14.8 Å². The Kier molecular flexibility index (Phi) is 4.84. The Balaban J connectivity index is 1.35. The monoisotopic (exact) mass is 403 g/mol. The minimum absolute atomic E-state index is 0.0303. The summed E-state index contributed by atoms with van der Waals surface area (Å²) in [7, 11) is 0. The molecule has 0 bridgehead atoms. The number of nitrogens with zero attached hydrogens (tertiary/aromatic N) is 3. The Hall–Kier alpha value is -2.69. The number of likely N-dealkylation sites (tertiary alicyclic amines) is 2. The van der Waals surface area contributed by atoms with Crippen LogP contribution < -0.4 is 0 Å². The maximum absolute atomic E-state index is 13.7. The number of benzene rings is 1. The molecule has 5 nitrogen and oxygen atoms in total. The summed E-state index contributed by atoms with van der Waals surface area (Å²) >= 11 is 0. The van der Waals surface area contributed by atoms with E-state index >= 15 is 0 Å². The molecule has 5 heteroatoms. The number of carbonyl (C=O) groups is 2. The lowest BCUT2D eigenvalue weighted by molar-refractivity contribution is -0.150. The zero-order valence-corrected chi connectivity index (χ0v) is 17.6. The third-order valence-corrected chi connectivity index (χ3v) is 7.29. The van der Waals surface area contributed by atoms with Gasteiger partial charge in [-0.15, -0.1) is 0 Å². The standard InChI is InChI=1S/C25H29N3O2/c1-18-10-11-20(13-26-18)23(29)28-16-25(17-28,12-19-6-3-2-4-7-19)24(30)27-14-21-8-5-9-22(21)15-27/h2-4,6-7,10-11,13,21-22H,5,8-9,12,14-17H2,1H3/t21-,22+. The van der Waals surface area contributed by atoms with E-state index in [2.05, 4.69) is 22.0 Å². The van der Waals surface area contributed by atoms with Gasteiger partial charge in [0.15, 0.2) is 0 Å². The largest absolute Gasteiger partial charge is 0.342 e. The zero-order valence-electron chi connectivity index (χ0n) is 17.6. The predicted molar refractivity (Wildman–Crippen MR) is 115 cm³/mol. The van der Waals surface area contributed by atoms with Gasteiger partial charge < -0.3 is 9.80 Å². The molecule has 0 unspecified atom stereocenters. The van der Waals surface area contributed by atoms with Gasteiger partial charge in [0.25, 0.3) is 5.91 Å². The summed E-state index contributed by atoms with van der Waals surface area (Å²) in [5.41, 5.74) is 2.14. The van der Waals surface area contributed by atoms with Crippen LogP contribution in [0.5, 0.6) is 0 Å². The van der Waals surface area contributed by atoms with Gasteiger partial charge in [-0.1, -0.05) is 36.8 Å². The van der Waals surface area contributed by atoms with Crippen molar-refractivity contribution < 1.29 is 9.59 Å². The number of pyridine rings is 1. The highest BCUT2D eigenvalue weighted by Gasteiger charge is 2.54. The van der Waals surface area contributed by atoms with Crippen LogP contribution in [0, 0.1) is 24.2 Å². The first kappa shape index (κ1) is 19.3. The highest BCUT2D eigenvalue weighted by molar-refractivity contribution is 5.96. The highest BCUT2D eigenvalue weighted by atomic mass is 16.2. The van der Waals surface area contributed by atoms with Gasteiger partial charge in [-0.3, -0.25) is 14.6 Å². The summed E-state index contributed by atoms with van der Waals surface area (Å²) in [4.78, 5) is 34.8. The number of aryl methyl sites for hydroxylation is 1. The third-order valence-electron chi connectivity index (χ3n) is 7.29. The van der Waals surface area contributed by atoms with Crippen molar-refractivity contribution in [3.8, 4) is 0 Å². The van der Waals surface area contributed by atoms with Gasteiger partial charge >= 0.3 is 0 Å². The number of aromatic nitrogens is 1. The molecular weight excluding hydrogens is 374 g/mol. The topological polar surface area (TPSA) is 53.5 Å². The SMILES string of the molecule is Cc1ccc(C(=O)N2CC(Cc3ccccc3)(C(=O)N3C[C@H]4CCC[C@H]4C3)C2)cn1. The Morgan fingerprint density at radius 1 is 1.00 bits per heavy atom. The quantitative estimate of drug-likeness (QED) is 0.787. The van der Waals surface area contributed by atoms with E-state index in [4.69, 9.17) is 0 Å². The summed E-state index contributed by atoms with van der Waals surface area (Å²) in [5.74, 6) is 1.57. The molecule has 156 valence electrons. The fraction of sp³-hybridized carbons (Fsp3) is 0.480. The van der Waals surface area contributed by atoms with Crippen molar-refractivity contribution in [2.45, 2.75) is 32.6 Å². The van der Waals surface area contributed by atoms with E-state index in [1.165, 1.54) is 19.3 Å². The number of amides is 2. The van der Waals surface area contributed by atoms with Gasteiger partial charge in [0.05, 0.1) is 11.0 Å². The van der Waals surface area contributed by atoms with Crippen molar-refractivity contribution in [2.75, 3.05) is 26.2 Å². The maximum atomic E-state index is 13.7. The second-order valence-electron chi connectivity index (χ2n) is 9.45. The van der Waals surface area contributed by atoms with Gasteiger partial charge in [-0.25, -0.2) is 0 Å². The second kappa shape index (κ2) is 7.53. The van der Waals surface area contributed by atoms with E-state index in [1.807, 2.05) is 42.2 Å². The van der Waals surface area contributed by atoms with Crippen LogP contribution in [0.3, 0.4) is 0 Å². The first-order valence-electron chi connectivity index (χ1n) is 11.1. The molecule has 0 N–H and O–H groups in total. The lowest BCUT2D eigenvalue weighted by atomic mass is 9.73. The normalized spacial score (nSPS) is 24.4. The second-order valence-corrected chi connectivity index (χ2v) is 9.45. The number of fused-ring (bicyclic) bond motifs is 1. The van der Waals surface area contributed by atoms with Gasteiger partial charge in [-0.2, -0.15) is 0 Å². The minimum atomic E-state index is -0.506. The summed E-state index contributed by atoms with van der Waals surface area (Å²) < 4.78 is 0. The lowest BCUT2D eigenvalue weighted by Gasteiger charge is -2.50. The van der Waals surface area contributed by atoms with E-state index < -0.39 is 5.41 Å². The van der Waals surface area contributed by atoms with Crippen molar-refractivity contribution in [3.05, 3.63) is 65.5 Å². The average Bonchev–Trinajstić information content (AvgIpc) is 3.33. The molecule has 2 aromatic rings. The molecule has 2 amide bonds. The molecule has 2 aliphatic heterocycles. The minimum Gasteiger partial charge on any atom is -0.342 e. The molecule has 2 atom stereocenters. The molecule has 3 heterocycles. The number of hydrogen-bond acceptors (Lipinski definition) is 3. The number of rotatable bonds is 4. The summed E-state index contributed by atoms with van der Waals surface area (Å²) in [6.45, 7) is 4.68. The molecule has 1 aromatic heterocycles. The first-order chi connectivity index (χ1) is 14.5. The fourth-order valence-corrected chi connectivity index (χ4v) is 5.65. The van der Waals surface area contributed by atoms with Gasteiger partial charge in [0, 0.05) is 38.1 Å². The van der Waals surface area contributed by atoms with E-state index in [0.29, 0.717) is 36.9 Å². The average molecular weight is 404 g/mol. The van der Waals surface area contributed by atoms with Crippen molar-refractivity contribution in [1.29, 1.82) is 0 Å². The summed E-state index contributed by atoms with van der Waals surface area (Å²) in [6, 6.07) is 13.9. The van der Waals surface area contributed by atoms with Crippen molar-refractivity contribution >= 4 is 11.8 Å². The Morgan fingerprint density at radius 3 is 2.33 bits per heavy atom. The predicted octanol–water partition coefficient (Wildman–Crippen LogP) is 3.33. The first-order valence-corrected chi connectivity index (χ1v) is 11.1. The maximum Gasteiger partial charge on any atom is 0.255 e. The molecule has 5 rings (SSSR count). The van der Waals surface area contributed by atoms with Gasteiger partial charge in [0.1, 0.15) is 0 Å². The summed E-state index contributed by atoms with van der Waals surface area (Å²) in [6.07, 6.45) is 6.14. The van der Waals surface area contributed by atoms with Crippen LogP contribution in [0.1, 0.15) is 40.9 Å². The Labute approximate surface area is 178 Å². The molecule has 1 aliphatic carbocycles. The van der Waals surface area contributed by atoms with Gasteiger partial charge in [0.2, 0.25) is 5.91 Å². The van der Waals surface area contributed by atoms with Crippen molar-refractivity contribution in [2.24, 2.45) is 17.3 Å². The van der Waals surface area contributed by atoms with Crippen LogP contribution in [0.4, 0.5) is 0 Å². The molecule has 1 aromatic carbocycles. The van der Waals surface area contributed by atoms with Crippen LogP contribution in [0.15, 0.2) is 48.7 Å². The van der Waals surface area contributed by atoms with E-state index in [-0.39, 0.29) is 11.8 Å². The smallest absolute Gasteiger partial charge is 0.255 e. The van der Waals surface area contributed by atoms with Crippen LogP contribution in [0.2, 0.25) is 0 Å². The summed E-state index contributed by atoms with van der Waals surface area (Å²) in [5, 5.41) is 0. The Morgan fingerprint density at radius 2 is 1.70 bits per heavy atom. The molecule has 3 fully saturated rings. The van der Waals surface area contributed by atoms with Crippen LogP contribution >= 0.6 is 0 Å². The highest BCUT2D eigenvalue weighted by Crippen LogP contribution is 2.42. The molecule has 3 aliphatic rings. The van der Waals surface area contributed by atoms with Crippen LogP contribution in [-0.2, 0) is 11.2 Å².